The Morgan fingerprint density at radius 3 is 1.94 bits per heavy atom. The Balaban J connectivity index is 1.39. The molecule has 5 fully saturated rings. The van der Waals surface area contributed by atoms with Crippen molar-refractivity contribution in [2.45, 2.75) is 187 Å². The Morgan fingerprint density at radius 1 is 0.833 bits per heavy atom. The minimum atomic E-state index is -3.75. The van der Waals surface area contributed by atoms with Crippen molar-refractivity contribution in [3.63, 3.8) is 0 Å². The second-order valence-electron chi connectivity index (χ2n) is 18.7. The highest BCUT2D eigenvalue weighted by molar-refractivity contribution is 7.89. The van der Waals surface area contributed by atoms with Gasteiger partial charge in [-0.05, 0) is 95.3 Å². The van der Waals surface area contributed by atoms with E-state index in [1.54, 1.807) is 4.90 Å². The van der Waals surface area contributed by atoms with Crippen molar-refractivity contribution < 1.29 is 32.4 Å². The number of nitrogens with one attached hydrogen (secondary N) is 4. The van der Waals surface area contributed by atoms with E-state index in [1.165, 1.54) is 4.31 Å². The lowest BCUT2D eigenvalue weighted by Gasteiger charge is -2.44. The van der Waals surface area contributed by atoms with E-state index >= 15 is 0 Å². The smallest absolute Gasteiger partial charge is 0.315 e. The molecule has 306 valence electrons. The molecule has 1 saturated heterocycles. The third kappa shape index (κ3) is 9.10. The number of rotatable bonds is 16. The Morgan fingerprint density at radius 2 is 1.41 bits per heavy atom. The maximum atomic E-state index is 15.0. The van der Waals surface area contributed by atoms with Crippen LogP contribution in [-0.2, 0) is 29.2 Å². The van der Waals surface area contributed by atoms with Crippen LogP contribution in [-0.4, -0.2) is 101 Å². The molecule has 0 radical (unpaired) electrons. The summed E-state index contributed by atoms with van der Waals surface area (Å²) in [4.78, 5) is 71.1. The van der Waals surface area contributed by atoms with Gasteiger partial charge in [-0.15, -0.1) is 0 Å². The summed E-state index contributed by atoms with van der Waals surface area (Å²) < 4.78 is 29.4. The fourth-order valence-electron chi connectivity index (χ4n) is 10.2. The van der Waals surface area contributed by atoms with E-state index in [1.807, 2.05) is 41.5 Å². The quantitative estimate of drug-likeness (QED) is 0.168. The summed E-state index contributed by atoms with van der Waals surface area (Å²) in [5, 5.41) is 11.8. The van der Waals surface area contributed by atoms with E-state index in [-0.39, 0.29) is 47.0 Å². The van der Waals surface area contributed by atoms with Gasteiger partial charge in [0.05, 0.1) is 17.3 Å². The Hall–Kier alpha value is -2.74. The van der Waals surface area contributed by atoms with Crippen molar-refractivity contribution >= 4 is 39.6 Å². The van der Waals surface area contributed by atoms with Gasteiger partial charge >= 0.3 is 6.03 Å². The molecule has 13 nitrogen and oxygen atoms in total. The zero-order chi connectivity index (χ0) is 39.8. The summed E-state index contributed by atoms with van der Waals surface area (Å²) >= 11 is 0. The molecule has 0 aromatic carbocycles. The topological polar surface area (TPSA) is 174 Å². The minimum absolute atomic E-state index is 0.00495. The SMILES string of the molecule is CCC[C@H](NC(=O)[C@@H]1[C@@H]2[C@H](CN1C(=O)[C@@H](NC(=O)NC1(CS(=O)(=O)N(C(C)C)C(C)C)CCCCC1)C1(C)CCCCC1)C2(C)C)C(=O)C(=O)NC1CC1. The number of carbonyl (C=O) groups excluding carboxylic acids is 5. The standard InChI is InChI=1S/C40H68N6O7S/c1-9-16-29(32(47)35(49)41-27-17-18-27)42-34(48)31-30-28(38(30,6)7)23-45(31)36(50)33(39(8)19-12-10-13-20-39)43-37(51)44-40(21-14-11-15-22-40)24-54(52,53)46(25(2)3)26(4)5/h25-31,33H,9-24H2,1-8H3,(H,41,49)(H,42,48)(H2,43,44,51)/t28-,29-,30-,31-,33+/m0/s1. The molecule has 5 rings (SSSR count). The first-order valence-corrected chi connectivity index (χ1v) is 22.4. The van der Waals surface area contributed by atoms with E-state index in [2.05, 4.69) is 35.1 Å². The summed E-state index contributed by atoms with van der Waals surface area (Å²) in [7, 11) is -3.75. The largest absolute Gasteiger partial charge is 0.347 e. The Labute approximate surface area is 323 Å². The number of urea groups is 1. The van der Waals surface area contributed by atoms with Gasteiger partial charge < -0.3 is 26.2 Å². The van der Waals surface area contributed by atoms with Crippen molar-refractivity contribution in [3.05, 3.63) is 0 Å². The minimum Gasteiger partial charge on any atom is -0.347 e. The van der Waals surface area contributed by atoms with Gasteiger partial charge in [0.2, 0.25) is 27.6 Å². The number of Topliss-reactive ketones (excluding diaryl/α,β-unsaturated/α-hetero) is 1. The summed E-state index contributed by atoms with van der Waals surface area (Å²) in [6.07, 6.45) is 10.4. The summed E-state index contributed by atoms with van der Waals surface area (Å²) in [6.45, 7) is 15.9. The molecule has 4 aliphatic carbocycles. The highest BCUT2D eigenvalue weighted by atomic mass is 32.2. The zero-order valence-electron chi connectivity index (χ0n) is 34.1. The van der Waals surface area contributed by atoms with Crippen LogP contribution in [0.15, 0.2) is 0 Å². The predicted octanol–water partition coefficient (Wildman–Crippen LogP) is 4.39. The van der Waals surface area contributed by atoms with Crippen molar-refractivity contribution in [1.29, 1.82) is 0 Å². The monoisotopic (exact) mass is 776 g/mol. The van der Waals surface area contributed by atoms with Crippen LogP contribution >= 0.6 is 0 Å². The highest BCUT2D eigenvalue weighted by Crippen LogP contribution is 2.65. The number of amides is 5. The molecule has 0 spiro atoms. The Bertz CT molecular complexity index is 1520. The van der Waals surface area contributed by atoms with Gasteiger partial charge in [0, 0.05) is 24.7 Å². The maximum Gasteiger partial charge on any atom is 0.315 e. The lowest BCUT2D eigenvalue weighted by atomic mass is 9.70. The van der Waals surface area contributed by atoms with Gasteiger partial charge in [0.25, 0.3) is 5.91 Å². The molecule has 4 saturated carbocycles. The van der Waals surface area contributed by atoms with Gasteiger partial charge in [0.1, 0.15) is 12.1 Å². The molecule has 14 heteroatoms. The van der Waals surface area contributed by atoms with Crippen molar-refractivity contribution in [2.24, 2.45) is 22.7 Å². The number of ketones is 1. The number of likely N-dealkylation sites (tertiary alicyclic amines) is 1. The van der Waals surface area contributed by atoms with E-state index in [0.29, 0.717) is 45.1 Å². The van der Waals surface area contributed by atoms with E-state index < -0.39 is 62.7 Å². The van der Waals surface area contributed by atoms with Crippen molar-refractivity contribution in [1.82, 2.24) is 30.5 Å². The predicted molar refractivity (Wildman–Crippen MR) is 208 cm³/mol. The van der Waals surface area contributed by atoms with Gasteiger partial charge in [-0.3, -0.25) is 19.2 Å². The molecule has 1 aliphatic heterocycles. The van der Waals surface area contributed by atoms with Crippen LogP contribution in [0.4, 0.5) is 4.79 Å². The number of sulfonamides is 1. The van der Waals surface area contributed by atoms with Gasteiger partial charge in [-0.1, -0.05) is 72.6 Å². The summed E-state index contributed by atoms with van der Waals surface area (Å²) in [6, 6.07) is -3.86. The molecule has 1 heterocycles. The Kier molecular flexibility index (Phi) is 12.9. The van der Waals surface area contributed by atoms with Crippen LogP contribution in [0.1, 0.15) is 145 Å². The summed E-state index contributed by atoms with van der Waals surface area (Å²) in [5.74, 6) is -2.42. The molecule has 54 heavy (non-hydrogen) atoms. The molecule has 4 N–H and O–H groups in total. The van der Waals surface area contributed by atoms with Crippen LogP contribution in [0.5, 0.6) is 0 Å². The van der Waals surface area contributed by atoms with Crippen LogP contribution in [0.2, 0.25) is 0 Å². The first-order chi connectivity index (χ1) is 25.3. The molecule has 5 atom stereocenters. The summed E-state index contributed by atoms with van der Waals surface area (Å²) in [5.41, 5.74) is -1.77. The lowest BCUT2D eigenvalue weighted by molar-refractivity contribution is -0.146. The van der Waals surface area contributed by atoms with Crippen LogP contribution in [0.3, 0.4) is 0 Å². The van der Waals surface area contributed by atoms with Crippen LogP contribution < -0.4 is 21.3 Å². The molecule has 0 aromatic rings. The molecule has 5 aliphatic rings. The number of fused-ring (bicyclic) bond motifs is 1. The first-order valence-electron chi connectivity index (χ1n) is 20.8. The maximum absolute atomic E-state index is 15.0. The van der Waals surface area contributed by atoms with Gasteiger partial charge in [-0.25, -0.2) is 13.2 Å². The van der Waals surface area contributed by atoms with Crippen molar-refractivity contribution in [2.75, 3.05) is 12.3 Å². The number of nitrogens with zero attached hydrogens (tertiary/aromatic N) is 2. The molecular weight excluding hydrogens is 709 g/mol. The average Bonchev–Trinajstić information content (AvgIpc) is 3.93. The number of hydrogen-bond acceptors (Lipinski definition) is 7. The molecular formula is C40H68N6O7S. The average molecular weight is 777 g/mol. The van der Waals surface area contributed by atoms with Crippen molar-refractivity contribution in [3.8, 4) is 0 Å². The number of hydrogen-bond donors (Lipinski definition) is 4. The van der Waals surface area contributed by atoms with Crippen LogP contribution in [0.25, 0.3) is 0 Å². The van der Waals surface area contributed by atoms with E-state index in [9.17, 15) is 32.4 Å². The fourth-order valence-corrected chi connectivity index (χ4v) is 12.7. The fraction of sp³-hybridized carbons (Fsp3) is 0.875. The second kappa shape index (κ2) is 16.4. The molecule has 0 aromatic heterocycles. The van der Waals surface area contributed by atoms with Gasteiger partial charge in [0.15, 0.2) is 0 Å². The van der Waals surface area contributed by atoms with E-state index in [4.69, 9.17) is 0 Å². The molecule has 5 amide bonds. The molecule has 0 bridgehead atoms. The second-order valence-corrected chi connectivity index (χ2v) is 20.6. The van der Waals surface area contributed by atoms with E-state index in [0.717, 1.165) is 51.4 Å². The normalized spacial score (nSPS) is 26.8. The third-order valence-corrected chi connectivity index (χ3v) is 15.7. The number of piperidine rings is 1. The first kappa shape index (κ1) is 42.4. The van der Waals surface area contributed by atoms with Gasteiger partial charge in [-0.2, -0.15) is 4.31 Å². The third-order valence-electron chi connectivity index (χ3n) is 13.3. The van der Waals surface area contributed by atoms with Crippen LogP contribution in [0, 0.1) is 22.7 Å². The highest BCUT2D eigenvalue weighted by Gasteiger charge is 2.70. The number of carbonyl (C=O) groups is 5. The lowest BCUT2D eigenvalue weighted by Crippen LogP contribution is -2.65. The molecule has 0 unspecified atom stereocenters. The zero-order valence-corrected chi connectivity index (χ0v) is 34.9.